The molecule has 0 spiro atoms. The van der Waals surface area contributed by atoms with Gasteiger partial charge in [-0.25, -0.2) is 4.79 Å². The maximum Gasteiger partial charge on any atom is 0.366 e. The standard InChI is InChI=1S/C29H37N3O8/c1-4-5-15-39-29(28(36)38-3)17-24(34)26(31-19(2)33)25(40-29)16-23(32-37)18-30-27(35)22-13-11-21(12-14-22)20-9-7-6-8-10-20/h6-14,23-26,34H,4-5,15-18H2,1-3H3,(H,30,35)(H,31,33). The smallest absolute Gasteiger partial charge is 0.366 e. The third kappa shape index (κ3) is 7.93. The molecule has 2 amide bonds. The highest BCUT2D eigenvalue weighted by molar-refractivity contribution is 5.94. The molecule has 1 aliphatic rings. The van der Waals surface area contributed by atoms with Crippen LogP contribution in [0.2, 0.25) is 0 Å². The van der Waals surface area contributed by atoms with Crippen LogP contribution in [0.1, 0.15) is 49.9 Å². The summed E-state index contributed by atoms with van der Waals surface area (Å²) in [5, 5.41) is 19.4. The number of unbranched alkanes of at least 4 members (excludes halogenated alkanes) is 1. The van der Waals surface area contributed by atoms with E-state index in [-0.39, 0.29) is 26.0 Å². The minimum absolute atomic E-state index is 0.116. The van der Waals surface area contributed by atoms with Crippen LogP contribution in [0.15, 0.2) is 59.8 Å². The van der Waals surface area contributed by atoms with Crippen molar-refractivity contribution < 1.29 is 33.7 Å². The van der Waals surface area contributed by atoms with Gasteiger partial charge in [0.15, 0.2) is 0 Å². The molecule has 0 saturated carbocycles. The number of ether oxygens (including phenoxy) is 3. The van der Waals surface area contributed by atoms with Gasteiger partial charge >= 0.3 is 5.97 Å². The number of hydrogen-bond donors (Lipinski definition) is 3. The molecule has 5 unspecified atom stereocenters. The summed E-state index contributed by atoms with van der Waals surface area (Å²) in [5.74, 6) is -3.59. The van der Waals surface area contributed by atoms with Gasteiger partial charge in [0, 0.05) is 31.9 Å². The second-order valence-electron chi connectivity index (χ2n) is 9.75. The minimum Gasteiger partial charge on any atom is -0.465 e. The molecule has 1 fully saturated rings. The van der Waals surface area contributed by atoms with Crippen LogP contribution < -0.4 is 10.6 Å². The first-order chi connectivity index (χ1) is 19.2. The van der Waals surface area contributed by atoms with Crippen molar-refractivity contribution in [2.45, 2.75) is 69.6 Å². The molecule has 1 aliphatic heterocycles. The van der Waals surface area contributed by atoms with Gasteiger partial charge < -0.3 is 30.0 Å². The number of aliphatic hydroxyl groups excluding tert-OH is 1. The van der Waals surface area contributed by atoms with Crippen molar-refractivity contribution in [1.82, 2.24) is 10.6 Å². The molecule has 5 atom stereocenters. The van der Waals surface area contributed by atoms with E-state index in [1.54, 1.807) is 12.1 Å². The topological polar surface area (TPSA) is 153 Å². The third-order valence-electron chi connectivity index (χ3n) is 6.74. The van der Waals surface area contributed by atoms with Crippen molar-refractivity contribution in [3.8, 4) is 11.1 Å². The van der Waals surface area contributed by atoms with E-state index < -0.39 is 47.9 Å². The normalized spacial score (nSPS) is 23.1. The van der Waals surface area contributed by atoms with Gasteiger partial charge in [-0.05, 0) is 29.7 Å². The third-order valence-corrected chi connectivity index (χ3v) is 6.74. The first-order valence-electron chi connectivity index (χ1n) is 13.3. The summed E-state index contributed by atoms with van der Waals surface area (Å²) in [6.45, 7) is 3.27. The Morgan fingerprint density at radius 3 is 2.40 bits per heavy atom. The summed E-state index contributed by atoms with van der Waals surface area (Å²) in [6.07, 6.45) is -1.25. The van der Waals surface area contributed by atoms with Crippen molar-refractivity contribution in [2.75, 3.05) is 20.3 Å². The van der Waals surface area contributed by atoms with Gasteiger partial charge in [-0.15, -0.1) is 0 Å². The van der Waals surface area contributed by atoms with E-state index in [2.05, 4.69) is 15.8 Å². The lowest BCUT2D eigenvalue weighted by Crippen LogP contribution is -2.64. The number of benzene rings is 2. The molecule has 216 valence electrons. The van der Waals surface area contributed by atoms with E-state index in [0.717, 1.165) is 17.5 Å². The molecule has 0 aliphatic carbocycles. The first-order valence-corrected chi connectivity index (χ1v) is 13.3. The van der Waals surface area contributed by atoms with Gasteiger partial charge in [0.25, 0.3) is 11.7 Å². The number of nitrogens with zero attached hydrogens (tertiary/aromatic N) is 1. The number of amides is 2. The zero-order valence-electron chi connectivity index (χ0n) is 23.0. The average Bonchev–Trinajstić information content (AvgIpc) is 2.96. The Balaban J connectivity index is 1.71. The molecule has 0 aromatic heterocycles. The van der Waals surface area contributed by atoms with Gasteiger partial charge in [0.05, 0.1) is 32.0 Å². The van der Waals surface area contributed by atoms with Crippen LogP contribution in [-0.2, 0) is 23.8 Å². The molecule has 3 rings (SSSR count). The SMILES string of the molecule is CCCCOC1(C(=O)OC)CC(O)C(NC(C)=O)C(CC(CNC(=O)c2ccc(-c3ccccc3)cc2)N=O)O1. The van der Waals surface area contributed by atoms with Crippen LogP contribution in [0, 0.1) is 4.91 Å². The van der Waals surface area contributed by atoms with E-state index in [1.165, 1.54) is 14.0 Å². The molecular weight excluding hydrogens is 518 g/mol. The summed E-state index contributed by atoms with van der Waals surface area (Å²) < 4.78 is 16.7. The van der Waals surface area contributed by atoms with E-state index in [9.17, 15) is 24.4 Å². The van der Waals surface area contributed by atoms with Crippen LogP contribution in [-0.4, -0.2) is 73.2 Å². The molecular formula is C29H37N3O8. The molecule has 0 bridgehead atoms. The molecule has 2 aromatic rings. The summed E-state index contributed by atoms with van der Waals surface area (Å²) in [6, 6.07) is 14.8. The summed E-state index contributed by atoms with van der Waals surface area (Å²) in [5.41, 5.74) is 2.38. The monoisotopic (exact) mass is 555 g/mol. The zero-order chi connectivity index (χ0) is 29.1. The number of aliphatic hydroxyl groups is 1. The maximum atomic E-state index is 12.8. The number of methoxy groups -OCH3 is 1. The van der Waals surface area contributed by atoms with E-state index in [4.69, 9.17) is 14.2 Å². The molecule has 11 heteroatoms. The van der Waals surface area contributed by atoms with Gasteiger partial charge in [-0.2, -0.15) is 4.91 Å². The number of nitroso groups, excluding NO2 is 1. The quantitative estimate of drug-likeness (QED) is 0.194. The van der Waals surface area contributed by atoms with Crippen molar-refractivity contribution in [2.24, 2.45) is 5.18 Å². The predicted octanol–water partition coefficient (Wildman–Crippen LogP) is 2.95. The lowest BCUT2D eigenvalue weighted by atomic mass is 9.89. The fourth-order valence-electron chi connectivity index (χ4n) is 4.64. The second kappa shape index (κ2) is 14.6. The number of rotatable bonds is 13. The number of hydrogen-bond acceptors (Lipinski definition) is 9. The fraction of sp³-hybridized carbons (Fsp3) is 0.483. The van der Waals surface area contributed by atoms with E-state index >= 15 is 0 Å². The highest BCUT2D eigenvalue weighted by Crippen LogP contribution is 2.34. The number of carbonyl (C=O) groups excluding carboxylic acids is 3. The van der Waals surface area contributed by atoms with Crippen molar-refractivity contribution >= 4 is 17.8 Å². The Kier molecular flexibility index (Phi) is 11.3. The fourth-order valence-corrected chi connectivity index (χ4v) is 4.64. The summed E-state index contributed by atoms with van der Waals surface area (Å²) in [4.78, 5) is 49.1. The van der Waals surface area contributed by atoms with E-state index in [0.29, 0.717) is 12.0 Å². The van der Waals surface area contributed by atoms with Gasteiger partial charge in [-0.1, -0.05) is 61.0 Å². The van der Waals surface area contributed by atoms with Crippen LogP contribution in [0.25, 0.3) is 11.1 Å². The van der Waals surface area contributed by atoms with Crippen LogP contribution in [0.3, 0.4) is 0 Å². The van der Waals surface area contributed by atoms with Gasteiger partial charge in [0.1, 0.15) is 6.04 Å². The van der Waals surface area contributed by atoms with E-state index in [1.807, 2.05) is 49.4 Å². The van der Waals surface area contributed by atoms with Gasteiger partial charge in [-0.3, -0.25) is 9.59 Å². The Hall–Kier alpha value is -3.67. The second-order valence-corrected chi connectivity index (χ2v) is 9.75. The first kappa shape index (κ1) is 30.9. The molecule has 3 N–H and O–H groups in total. The minimum atomic E-state index is -1.92. The Labute approximate surface area is 233 Å². The zero-order valence-corrected chi connectivity index (χ0v) is 23.0. The van der Waals surface area contributed by atoms with Crippen molar-refractivity contribution in [3.63, 3.8) is 0 Å². The molecule has 11 nitrogen and oxygen atoms in total. The predicted molar refractivity (Wildman–Crippen MR) is 147 cm³/mol. The Morgan fingerprint density at radius 2 is 1.80 bits per heavy atom. The summed E-state index contributed by atoms with van der Waals surface area (Å²) >= 11 is 0. The Bertz CT molecular complexity index is 1140. The van der Waals surface area contributed by atoms with Crippen LogP contribution in [0.5, 0.6) is 0 Å². The van der Waals surface area contributed by atoms with Crippen LogP contribution >= 0.6 is 0 Å². The molecule has 2 aromatic carbocycles. The Morgan fingerprint density at radius 1 is 1.12 bits per heavy atom. The maximum absolute atomic E-state index is 12.8. The lowest BCUT2D eigenvalue weighted by molar-refractivity contribution is -0.297. The average molecular weight is 556 g/mol. The molecule has 1 saturated heterocycles. The van der Waals surface area contributed by atoms with Crippen molar-refractivity contribution in [1.29, 1.82) is 0 Å². The molecule has 1 heterocycles. The number of carbonyl (C=O) groups is 3. The highest BCUT2D eigenvalue weighted by Gasteiger charge is 2.54. The largest absolute Gasteiger partial charge is 0.465 e. The number of nitrogens with one attached hydrogen (secondary N) is 2. The highest BCUT2D eigenvalue weighted by atomic mass is 16.7. The number of esters is 1. The molecule has 40 heavy (non-hydrogen) atoms. The van der Waals surface area contributed by atoms with Gasteiger partial charge in [0.2, 0.25) is 5.91 Å². The lowest BCUT2D eigenvalue weighted by Gasteiger charge is -2.45. The summed E-state index contributed by atoms with van der Waals surface area (Å²) in [7, 11) is 1.18. The van der Waals surface area contributed by atoms with Crippen LogP contribution in [0.4, 0.5) is 0 Å². The van der Waals surface area contributed by atoms with Crippen molar-refractivity contribution in [3.05, 3.63) is 65.1 Å². The molecule has 0 radical (unpaired) electrons.